The van der Waals surface area contributed by atoms with Gasteiger partial charge in [0.1, 0.15) is 18.9 Å². The molecular formula is C21H18N4O4. The van der Waals surface area contributed by atoms with E-state index in [9.17, 15) is 4.79 Å². The molecule has 0 saturated carbocycles. The van der Waals surface area contributed by atoms with Gasteiger partial charge in [-0.1, -0.05) is 6.07 Å². The Labute approximate surface area is 167 Å². The van der Waals surface area contributed by atoms with Gasteiger partial charge in [0.05, 0.1) is 36.6 Å². The number of amides is 1. The minimum absolute atomic E-state index is 0.200. The Hall–Kier alpha value is -3.70. The lowest BCUT2D eigenvalue weighted by atomic mass is 9.93. The predicted molar refractivity (Wildman–Crippen MR) is 105 cm³/mol. The van der Waals surface area contributed by atoms with Crippen molar-refractivity contribution in [2.75, 3.05) is 32.8 Å². The summed E-state index contributed by atoms with van der Waals surface area (Å²) in [5.74, 6) is 0.252. The van der Waals surface area contributed by atoms with Crippen LogP contribution in [-0.2, 0) is 9.53 Å². The Morgan fingerprint density at radius 1 is 1.14 bits per heavy atom. The number of hydrogen-bond acceptors (Lipinski definition) is 7. The molecule has 2 heterocycles. The monoisotopic (exact) mass is 390 g/mol. The van der Waals surface area contributed by atoms with E-state index in [4.69, 9.17) is 19.5 Å². The molecule has 29 heavy (non-hydrogen) atoms. The highest BCUT2D eigenvalue weighted by Crippen LogP contribution is 2.41. The highest BCUT2D eigenvalue weighted by molar-refractivity contribution is 6.07. The van der Waals surface area contributed by atoms with Gasteiger partial charge < -0.3 is 19.5 Å². The first-order chi connectivity index (χ1) is 14.2. The van der Waals surface area contributed by atoms with Crippen LogP contribution in [0.3, 0.4) is 0 Å². The smallest absolute Gasteiger partial charge is 0.238 e. The van der Waals surface area contributed by atoms with Crippen molar-refractivity contribution in [1.82, 2.24) is 9.97 Å². The van der Waals surface area contributed by atoms with Crippen LogP contribution in [0.5, 0.6) is 11.5 Å². The summed E-state index contributed by atoms with van der Waals surface area (Å²) in [5, 5.41) is 12.6. The number of nitrogens with zero attached hydrogens (tertiary/aromatic N) is 3. The molecule has 2 aromatic carbocycles. The SMILES string of the molecule is COCCOc1cc2ncnc(C3C(=O)Nc4cc(C#N)ccc43)c2cc1OC. The number of rotatable bonds is 6. The topological polar surface area (TPSA) is 106 Å². The molecule has 8 heteroatoms. The van der Waals surface area contributed by atoms with Gasteiger partial charge in [-0.2, -0.15) is 5.26 Å². The van der Waals surface area contributed by atoms with Crippen molar-refractivity contribution in [3.8, 4) is 17.6 Å². The van der Waals surface area contributed by atoms with Gasteiger partial charge in [-0.05, 0) is 23.8 Å². The summed E-state index contributed by atoms with van der Waals surface area (Å²) >= 11 is 0. The lowest BCUT2D eigenvalue weighted by molar-refractivity contribution is -0.116. The molecule has 0 radical (unpaired) electrons. The molecule has 1 unspecified atom stereocenters. The van der Waals surface area contributed by atoms with Gasteiger partial charge in [-0.15, -0.1) is 0 Å². The Bertz CT molecular complexity index is 1140. The van der Waals surface area contributed by atoms with E-state index in [0.717, 1.165) is 5.56 Å². The van der Waals surface area contributed by atoms with E-state index < -0.39 is 5.92 Å². The van der Waals surface area contributed by atoms with Crippen molar-refractivity contribution in [2.45, 2.75) is 5.92 Å². The molecule has 146 valence electrons. The van der Waals surface area contributed by atoms with Gasteiger partial charge >= 0.3 is 0 Å². The number of carbonyl (C=O) groups is 1. The number of fused-ring (bicyclic) bond motifs is 2. The minimum Gasteiger partial charge on any atom is -0.493 e. The average molecular weight is 390 g/mol. The number of carbonyl (C=O) groups excluding carboxylic acids is 1. The molecule has 1 aliphatic heterocycles. The number of methoxy groups -OCH3 is 2. The molecule has 1 atom stereocenters. The van der Waals surface area contributed by atoms with Crippen LogP contribution < -0.4 is 14.8 Å². The van der Waals surface area contributed by atoms with Gasteiger partial charge in [-0.25, -0.2) is 9.97 Å². The van der Waals surface area contributed by atoms with Crippen LogP contribution in [0.1, 0.15) is 22.7 Å². The third-order valence-corrected chi connectivity index (χ3v) is 4.78. The van der Waals surface area contributed by atoms with Crippen LogP contribution in [0.15, 0.2) is 36.7 Å². The number of benzene rings is 2. The van der Waals surface area contributed by atoms with Crippen LogP contribution in [0, 0.1) is 11.3 Å². The summed E-state index contributed by atoms with van der Waals surface area (Å²) in [7, 11) is 3.15. The molecule has 4 rings (SSSR count). The molecular weight excluding hydrogens is 372 g/mol. The first-order valence-electron chi connectivity index (χ1n) is 8.95. The predicted octanol–water partition coefficient (Wildman–Crippen LogP) is 2.62. The molecule has 8 nitrogen and oxygen atoms in total. The molecule has 1 aliphatic rings. The standard InChI is InChI=1S/C21H18N4O4/c1-27-5-6-29-18-9-15-14(8-17(18)28-2)20(24-11-23-15)19-13-4-3-12(10-22)7-16(13)25-21(19)26/h3-4,7-9,11,19H,5-6H2,1-2H3,(H,25,26). The van der Waals surface area contributed by atoms with Crippen molar-refractivity contribution >= 4 is 22.5 Å². The molecule has 1 aromatic heterocycles. The lowest BCUT2D eigenvalue weighted by Gasteiger charge is -2.15. The summed E-state index contributed by atoms with van der Waals surface area (Å²) in [6, 6.07) is 10.8. The first-order valence-corrected chi connectivity index (χ1v) is 8.95. The average Bonchev–Trinajstić information content (AvgIpc) is 3.07. The van der Waals surface area contributed by atoms with E-state index in [-0.39, 0.29) is 5.91 Å². The van der Waals surface area contributed by atoms with Crippen molar-refractivity contribution < 1.29 is 19.0 Å². The van der Waals surface area contributed by atoms with E-state index >= 15 is 0 Å². The second-order valence-electron chi connectivity index (χ2n) is 6.46. The molecule has 3 aromatic rings. The largest absolute Gasteiger partial charge is 0.493 e. The molecule has 0 saturated heterocycles. The highest BCUT2D eigenvalue weighted by atomic mass is 16.5. The quantitative estimate of drug-likeness (QED) is 0.645. The van der Waals surface area contributed by atoms with E-state index in [0.29, 0.717) is 52.6 Å². The van der Waals surface area contributed by atoms with Gasteiger partial charge in [-0.3, -0.25) is 4.79 Å². The maximum absolute atomic E-state index is 12.7. The number of anilines is 1. The van der Waals surface area contributed by atoms with Gasteiger partial charge in [0, 0.05) is 24.2 Å². The van der Waals surface area contributed by atoms with Crippen molar-refractivity contribution in [3.05, 3.63) is 53.5 Å². The first kappa shape index (κ1) is 18.7. The molecule has 0 aliphatic carbocycles. The zero-order valence-electron chi connectivity index (χ0n) is 15.9. The molecule has 0 bridgehead atoms. The maximum atomic E-state index is 12.7. The second-order valence-corrected chi connectivity index (χ2v) is 6.46. The molecule has 0 fully saturated rings. The fourth-order valence-electron chi connectivity index (χ4n) is 3.42. The Morgan fingerprint density at radius 3 is 2.76 bits per heavy atom. The van der Waals surface area contributed by atoms with Crippen LogP contribution in [-0.4, -0.2) is 43.3 Å². The summed E-state index contributed by atoms with van der Waals surface area (Å²) in [4.78, 5) is 21.5. The van der Waals surface area contributed by atoms with E-state index in [1.165, 1.54) is 6.33 Å². The fraction of sp³-hybridized carbons (Fsp3) is 0.238. The van der Waals surface area contributed by atoms with E-state index in [1.807, 2.05) is 0 Å². The van der Waals surface area contributed by atoms with Crippen LogP contribution in [0.4, 0.5) is 5.69 Å². The second kappa shape index (κ2) is 7.73. The van der Waals surface area contributed by atoms with Crippen LogP contribution in [0.2, 0.25) is 0 Å². The van der Waals surface area contributed by atoms with Crippen molar-refractivity contribution in [2.24, 2.45) is 0 Å². The summed E-state index contributed by atoms with van der Waals surface area (Å²) in [5.41, 5.74) is 3.08. The summed E-state index contributed by atoms with van der Waals surface area (Å²) in [6.45, 7) is 0.815. The van der Waals surface area contributed by atoms with Crippen molar-refractivity contribution in [3.63, 3.8) is 0 Å². The van der Waals surface area contributed by atoms with E-state index in [1.54, 1.807) is 44.6 Å². The van der Waals surface area contributed by atoms with E-state index in [2.05, 4.69) is 21.4 Å². The molecule has 1 amide bonds. The number of ether oxygens (including phenoxy) is 3. The van der Waals surface area contributed by atoms with Gasteiger partial charge in [0.2, 0.25) is 5.91 Å². The lowest BCUT2D eigenvalue weighted by Crippen LogP contribution is -2.15. The third-order valence-electron chi connectivity index (χ3n) is 4.78. The van der Waals surface area contributed by atoms with Gasteiger partial charge in [0.15, 0.2) is 11.5 Å². The van der Waals surface area contributed by atoms with Gasteiger partial charge in [0.25, 0.3) is 0 Å². The van der Waals surface area contributed by atoms with Crippen LogP contribution in [0.25, 0.3) is 10.9 Å². The van der Waals surface area contributed by atoms with Crippen LogP contribution >= 0.6 is 0 Å². The number of nitriles is 1. The maximum Gasteiger partial charge on any atom is 0.238 e. The zero-order valence-corrected chi connectivity index (χ0v) is 15.9. The minimum atomic E-state index is -0.604. The highest BCUT2D eigenvalue weighted by Gasteiger charge is 2.34. The molecule has 1 N–H and O–H groups in total. The normalized spacial score (nSPS) is 14.9. The Kier molecular flexibility index (Phi) is 4.97. The third kappa shape index (κ3) is 3.32. The Balaban J connectivity index is 1.81. The van der Waals surface area contributed by atoms with Crippen molar-refractivity contribution in [1.29, 1.82) is 5.26 Å². The summed E-state index contributed by atoms with van der Waals surface area (Å²) < 4.78 is 16.2. The number of nitrogens with one attached hydrogen (secondary N) is 1. The number of aromatic nitrogens is 2. The fourth-order valence-corrected chi connectivity index (χ4v) is 3.42. The molecule has 0 spiro atoms. The zero-order chi connectivity index (χ0) is 20.4. The summed E-state index contributed by atoms with van der Waals surface area (Å²) in [6.07, 6.45) is 1.43. The Morgan fingerprint density at radius 2 is 2.00 bits per heavy atom. The number of hydrogen-bond donors (Lipinski definition) is 1.